The minimum absolute atomic E-state index is 0.302. The summed E-state index contributed by atoms with van der Waals surface area (Å²) in [6.45, 7) is 2.07. The SMILES string of the molecule is CSCC(C)N(C)c1cc(F)cc(C=O)c1. The van der Waals surface area contributed by atoms with Crippen molar-refractivity contribution in [1.82, 2.24) is 0 Å². The fraction of sp³-hybridized carbons (Fsp3) is 0.417. The molecule has 1 aromatic rings. The van der Waals surface area contributed by atoms with Crippen molar-refractivity contribution in [2.45, 2.75) is 13.0 Å². The van der Waals surface area contributed by atoms with Gasteiger partial charge < -0.3 is 4.90 Å². The molecule has 0 fully saturated rings. The molecule has 0 saturated carbocycles. The Morgan fingerprint density at radius 1 is 1.50 bits per heavy atom. The number of nitrogens with zero attached hydrogens (tertiary/aromatic N) is 1. The van der Waals surface area contributed by atoms with Crippen LogP contribution in [0.15, 0.2) is 18.2 Å². The first-order valence-electron chi connectivity index (χ1n) is 5.06. The second-order valence-corrected chi connectivity index (χ2v) is 4.69. The summed E-state index contributed by atoms with van der Waals surface area (Å²) in [7, 11) is 1.91. The summed E-state index contributed by atoms with van der Waals surface area (Å²) in [6.07, 6.45) is 2.70. The Kier molecular flexibility index (Phi) is 4.80. The number of carbonyl (C=O) groups is 1. The highest BCUT2D eigenvalue weighted by Gasteiger charge is 2.11. The van der Waals surface area contributed by atoms with Crippen molar-refractivity contribution >= 4 is 23.7 Å². The molecule has 2 nitrogen and oxygen atoms in total. The van der Waals surface area contributed by atoms with Gasteiger partial charge in [-0.15, -0.1) is 0 Å². The minimum atomic E-state index is -0.372. The number of hydrogen-bond acceptors (Lipinski definition) is 3. The van der Waals surface area contributed by atoms with Crippen molar-refractivity contribution in [2.75, 3.05) is 24.0 Å². The van der Waals surface area contributed by atoms with Gasteiger partial charge in [0.25, 0.3) is 0 Å². The molecular weight excluding hydrogens is 225 g/mol. The van der Waals surface area contributed by atoms with Crippen LogP contribution in [0.5, 0.6) is 0 Å². The number of thioether (sulfide) groups is 1. The minimum Gasteiger partial charge on any atom is -0.371 e. The van der Waals surface area contributed by atoms with Gasteiger partial charge in [-0.25, -0.2) is 4.39 Å². The molecule has 0 aliphatic rings. The number of anilines is 1. The Morgan fingerprint density at radius 2 is 2.19 bits per heavy atom. The Balaban J connectivity index is 2.93. The van der Waals surface area contributed by atoms with E-state index in [-0.39, 0.29) is 5.82 Å². The molecule has 0 aliphatic carbocycles. The predicted octanol–water partition coefficient (Wildman–Crippen LogP) is 2.83. The van der Waals surface area contributed by atoms with E-state index in [1.807, 2.05) is 18.2 Å². The zero-order valence-corrected chi connectivity index (χ0v) is 10.6. The van der Waals surface area contributed by atoms with Crippen LogP contribution in [0.1, 0.15) is 17.3 Å². The Labute approximate surface area is 99.8 Å². The number of halogens is 1. The monoisotopic (exact) mass is 241 g/mol. The van der Waals surface area contributed by atoms with Crippen LogP contribution in [0.2, 0.25) is 0 Å². The maximum absolute atomic E-state index is 13.2. The summed E-state index contributed by atoms with van der Waals surface area (Å²) in [4.78, 5) is 12.6. The molecule has 0 bridgehead atoms. The van der Waals surface area contributed by atoms with Crippen LogP contribution in [0, 0.1) is 5.82 Å². The Bertz CT molecular complexity index is 370. The van der Waals surface area contributed by atoms with Crippen LogP contribution < -0.4 is 4.90 Å². The van der Waals surface area contributed by atoms with E-state index in [2.05, 4.69) is 6.92 Å². The van der Waals surface area contributed by atoms with E-state index in [1.165, 1.54) is 12.1 Å². The number of rotatable bonds is 5. The first kappa shape index (κ1) is 13.0. The van der Waals surface area contributed by atoms with E-state index in [1.54, 1.807) is 17.8 Å². The molecule has 1 atom stereocenters. The Morgan fingerprint density at radius 3 is 2.75 bits per heavy atom. The van der Waals surface area contributed by atoms with Crippen LogP contribution in [0.4, 0.5) is 10.1 Å². The third-order valence-electron chi connectivity index (χ3n) is 2.52. The third kappa shape index (κ3) is 3.23. The van der Waals surface area contributed by atoms with Gasteiger partial charge in [0.2, 0.25) is 0 Å². The van der Waals surface area contributed by atoms with Gasteiger partial charge in [-0.1, -0.05) is 0 Å². The van der Waals surface area contributed by atoms with Crippen LogP contribution in [-0.4, -0.2) is 31.4 Å². The van der Waals surface area contributed by atoms with Crippen LogP contribution in [0.25, 0.3) is 0 Å². The highest BCUT2D eigenvalue weighted by Crippen LogP contribution is 2.19. The molecule has 0 N–H and O–H groups in total. The van der Waals surface area contributed by atoms with Gasteiger partial charge in [0, 0.05) is 30.1 Å². The quantitative estimate of drug-likeness (QED) is 0.739. The molecular formula is C12H16FNOS. The van der Waals surface area contributed by atoms with Crippen molar-refractivity contribution < 1.29 is 9.18 Å². The standard InChI is InChI=1S/C12H16FNOS/c1-9(8-16-3)14(2)12-5-10(7-15)4-11(13)6-12/h4-7,9H,8H2,1-3H3. The van der Waals surface area contributed by atoms with E-state index in [0.29, 0.717) is 17.9 Å². The van der Waals surface area contributed by atoms with Crippen molar-refractivity contribution in [2.24, 2.45) is 0 Å². The van der Waals surface area contributed by atoms with E-state index < -0.39 is 0 Å². The first-order chi connectivity index (χ1) is 7.58. The van der Waals surface area contributed by atoms with Crippen LogP contribution in [0.3, 0.4) is 0 Å². The fourth-order valence-electron chi connectivity index (χ4n) is 1.48. The molecule has 1 unspecified atom stereocenters. The van der Waals surface area contributed by atoms with E-state index in [4.69, 9.17) is 0 Å². The summed E-state index contributed by atoms with van der Waals surface area (Å²) < 4.78 is 13.2. The van der Waals surface area contributed by atoms with Crippen molar-refractivity contribution in [3.05, 3.63) is 29.6 Å². The maximum Gasteiger partial charge on any atom is 0.150 e. The van der Waals surface area contributed by atoms with Gasteiger partial charge in [-0.05, 0) is 31.4 Å². The molecule has 0 radical (unpaired) electrons. The van der Waals surface area contributed by atoms with E-state index in [9.17, 15) is 9.18 Å². The summed E-state index contributed by atoms with van der Waals surface area (Å²) in [6, 6.07) is 4.69. The number of hydrogen-bond donors (Lipinski definition) is 0. The van der Waals surface area contributed by atoms with E-state index >= 15 is 0 Å². The van der Waals surface area contributed by atoms with Gasteiger partial charge in [0.05, 0.1) is 0 Å². The van der Waals surface area contributed by atoms with Crippen molar-refractivity contribution in [3.63, 3.8) is 0 Å². The molecule has 0 aliphatic heterocycles. The Hall–Kier alpha value is -1.03. The lowest BCUT2D eigenvalue weighted by Gasteiger charge is -2.26. The molecule has 0 saturated heterocycles. The average molecular weight is 241 g/mol. The zero-order valence-electron chi connectivity index (χ0n) is 9.74. The maximum atomic E-state index is 13.2. The number of carbonyl (C=O) groups excluding carboxylic acids is 1. The molecule has 1 rings (SSSR count). The van der Waals surface area contributed by atoms with Crippen LogP contribution in [-0.2, 0) is 0 Å². The lowest BCUT2D eigenvalue weighted by atomic mass is 10.2. The van der Waals surface area contributed by atoms with Gasteiger partial charge >= 0.3 is 0 Å². The molecule has 0 spiro atoms. The number of aldehydes is 1. The fourth-order valence-corrected chi connectivity index (χ4v) is 2.18. The number of benzene rings is 1. The van der Waals surface area contributed by atoms with Crippen molar-refractivity contribution in [3.8, 4) is 0 Å². The third-order valence-corrected chi connectivity index (χ3v) is 3.33. The topological polar surface area (TPSA) is 20.3 Å². The summed E-state index contributed by atoms with van der Waals surface area (Å²) >= 11 is 1.74. The molecule has 16 heavy (non-hydrogen) atoms. The first-order valence-corrected chi connectivity index (χ1v) is 6.45. The lowest BCUT2D eigenvalue weighted by molar-refractivity contribution is 0.112. The lowest BCUT2D eigenvalue weighted by Crippen LogP contribution is -2.30. The molecule has 0 amide bonds. The summed E-state index contributed by atoms with van der Waals surface area (Å²) in [5, 5.41) is 0. The highest BCUT2D eigenvalue weighted by atomic mass is 32.2. The largest absolute Gasteiger partial charge is 0.371 e. The molecule has 88 valence electrons. The zero-order chi connectivity index (χ0) is 12.1. The second-order valence-electron chi connectivity index (χ2n) is 3.78. The van der Waals surface area contributed by atoms with Gasteiger partial charge in [-0.2, -0.15) is 11.8 Å². The molecule has 0 heterocycles. The summed E-state index contributed by atoms with van der Waals surface area (Å²) in [5.74, 6) is 0.589. The molecule has 1 aromatic carbocycles. The van der Waals surface area contributed by atoms with Gasteiger partial charge in [0.15, 0.2) is 0 Å². The summed E-state index contributed by atoms with van der Waals surface area (Å²) in [5.41, 5.74) is 1.11. The molecule has 0 aromatic heterocycles. The molecule has 4 heteroatoms. The average Bonchev–Trinajstić information content (AvgIpc) is 2.27. The van der Waals surface area contributed by atoms with Gasteiger partial charge in [0.1, 0.15) is 12.1 Å². The smallest absolute Gasteiger partial charge is 0.150 e. The second kappa shape index (κ2) is 5.89. The van der Waals surface area contributed by atoms with Crippen LogP contribution >= 0.6 is 11.8 Å². The van der Waals surface area contributed by atoms with Gasteiger partial charge in [-0.3, -0.25) is 4.79 Å². The highest BCUT2D eigenvalue weighted by molar-refractivity contribution is 7.98. The van der Waals surface area contributed by atoms with Crippen molar-refractivity contribution in [1.29, 1.82) is 0 Å². The predicted molar refractivity (Wildman–Crippen MR) is 68.0 cm³/mol. The van der Waals surface area contributed by atoms with E-state index in [0.717, 1.165) is 11.4 Å². The normalized spacial score (nSPS) is 12.2.